The number of hydrogen-bond acceptors (Lipinski definition) is 3. The zero-order valence-electron chi connectivity index (χ0n) is 16.6. The summed E-state index contributed by atoms with van der Waals surface area (Å²) in [6.45, 7) is 5.58. The Balaban J connectivity index is 0.00000280. The van der Waals surface area contributed by atoms with Crippen LogP contribution in [0.15, 0.2) is 53.5 Å². The molecule has 0 saturated carbocycles. The van der Waals surface area contributed by atoms with Crippen molar-refractivity contribution in [1.82, 2.24) is 10.2 Å². The van der Waals surface area contributed by atoms with Gasteiger partial charge in [-0.2, -0.15) is 0 Å². The second-order valence-electron chi connectivity index (χ2n) is 6.82. The lowest BCUT2D eigenvalue weighted by Gasteiger charge is -2.22. The van der Waals surface area contributed by atoms with Gasteiger partial charge in [0.05, 0.1) is 7.11 Å². The van der Waals surface area contributed by atoms with Crippen LogP contribution in [0.3, 0.4) is 0 Å². The molecule has 28 heavy (non-hydrogen) atoms. The average Bonchev–Trinajstić information content (AvgIpc) is 3.19. The van der Waals surface area contributed by atoms with Gasteiger partial charge < -0.3 is 20.1 Å². The predicted octanol–water partition coefficient (Wildman–Crippen LogP) is 4.02. The number of rotatable bonds is 6. The zero-order valence-corrected chi connectivity index (χ0v) is 18.9. The SMILES string of the molecule is CCNC(=NCCc1ccc(OC)cc1O)N1CCC(c2ccccc2)C1.I. The van der Waals surface area contributed by atoms with Crippen LogP contribution >= 0.6 is 24.0 Å². The quantitative estimate of drug-likeness (QED) is 0.361. The van der Waals surface area contributed by atoms with Crippen LogP contribution in [0.2, 0.25) is 0 Å². The van der Waals surface area contributed by atoms with Crippen LogP contribution in [0.4, 0.5) is 0 Å². The standard InChI is InChI=1S/C22H29N3O2.HI/c1-3-23-22(24-13-11-18-9-10-20(27-2)15-21(18)26)25-14-12-19(16-25)17-7-5-4-6-8-17;/h4-10,15,19,26H,3,11-14,16H2,1-2H3,(H,23,24);1H. The Labute approximate surface area is 184 Å². The lowest BCUT2D eigenvalue weighted by molar-refractivity contribution is 0.406. The van der Waals surface area contributed by atoms with E-state index < -0.39 is 0 Å². The van der Waals surface area contributed by atoms with Crippen molar-refractivity contribution in [2.45, 2.75) is 25.7 Å². The molecule has 6 heteroatoms. The second kappa shape index (κ2) is 11.1. The van der Waals surface area contributed by atoms with Crippen LogP contribution in [0.1, 0.15) is 30.4 Å². The number of aliphatic imine (C=N–C) groups is 1. The minimum Gasteiger partial charge on any atom is -0.508 e. The number of likely N-dealkylation sites (tertiary alicyclic amines) is 1. The summed E-state index contributed by atoms with van der Waals surface area (Å²) in [4.78, 5) is 7.13. The van der Waals surface area contributed by atoms with Crippen LogP contribution in [0.25, 0.3) is 0 Å². The Hall–Kier alpha value is -1.96. The zero-order chi connectivity index (χ0) is 19.1. The highest BCUT2D eigenvalue weighted by Crippen LogP contribution is 2.27. The van der Waals surface area contributed by atoms with Crippen molar-refractivity contribution >= 4 is 29.9 Å². The van der Waals surface area contributed by atoms with E-state index in [2.05, 4.69) is 47.5 Å². The molecule has 1 heterocycles. The molecular weight excluding hydrogens is 465 g/mol. The monoisotopic (exact) mass is 495 g/mol. The normalized spacial score (nSPS) is 16.6. The molecule has 0 amide bonds. The number of methoxy groups -OCH3 is 1. The molecule has 1 unspecified atom stereocenters. The van der Waals surface area contributed by atoms with E-state index in [4.69, 9.17) is 9.73 Å². The maximum Gasteiger partial charge on any atom is 0.193 e. The van der Waals surface area contributed by atoms with E-state index in [-0.39, 0.29) is 29.7 Å². The summed E-state index contributed by atoms with van der Waals surface area (Å²) in [6, 6.07) is 16.1. The molecule has 152 valence electrons. The summed E-state index contributed by atoms with van der Waals surface area (Å²) in [5.41, 5.74) is 2.29. The number of nitrogens with zero attached hydrogens (tertiary/aromatic N) is 2. The molecule has 1 atom stereocenters. The molecule has 2 aromatic carbocycles. The van der Waals surface area contributed by atoms with Gasteiger partial charge in [0.1, 0.15) is 11.5 Å². The maximum absolute atomic E-state index is 10.1. The minimum absolute atomic E-state index is 0. The fourth-order valence-corrected chi connectivity index (χ4v) is 3.54. The summed E-state index contributed by atoms with van der Waals surface area (Å²) in [6.07, 6.45) is 1.84. The van der Waals surface area contributed by atoms with Crippen molar-refractivity contribution in [3.8, 4) is 11.5 Å². The number of phenolic OH excluding ortho intramolecular Hbond substituents is 1. The van der Waals surface area contributed by atoms with Gasteiger partial charge in [-0.1, -0.05) is 36.4 Å². The van der Waals surface area contributed by atoms with Crippen molar-refractivity contribution in [2.75, 3.05) is 33.3 Å². The fraction of sp³-hybridized carbons (Fsp3) is 0.409. The van der Waals surface area contributed by atoms with E-state index in [9.17, 15) is 5.11 Å². The Morgan fingerprint density at radius 3 is 2.71 bits per heavy atom. The van der Waals surface area contributed by atoms with Crippen molar-refractivity contribution in [1.29, 1.82) is 0 Å². The summed E-state index contributed by atoms with van der Waals surface area (Å²) in [7, 11) is 1.60. The molecule has 1 fully saturated rings. The molecule has 1 aliphatic heterocycles. The van der Waals surface area contributed by atoms with Crippen LogP contribution < -0.4 is 10.1 Å². The first kappa shape index (κ1) is 22.3. The highest BCUT2D eigenvalue weighted by Gasteiger charge is 2.25. The first-order valence-corrected chi connectivity index (χ1v) is 9.65. The van der Waals surface area contributed by atoms with Crippen LogP contribution in [0.5, 0.6) is 11.5 Å². The number of hydrogen-bond donors (Lipinski definition) is 2. The number of aromatic hydroxyl groups is 1. The van der Waals surface area contributed by atoms with Gasteiger partial charge in [-0.25, -0.2) is 0 Å². The third-order valence-electron chi connectivity index (χ3n) is 5.03. The van der Waals surface area contributed by atoms with E-state index in [1.165, 1.54) is 5.56 Å². The predicted molar refractivity (Wildman–Crippen MR) is 125 cm³/mol. The van der Waals surface area contributed by atoms with Crippen molar-refractivity contribution in [2.24, 2.45) is 4.99 Å². The topological polar surface area (TPSA) is 57.1 Å². The third-order valence-corrected chi connectivity index (χ3v) is 5.03. The number of phenols is 1. The lowest BCUT2D eigenvalue weighted by atomic mass is 9.99. The van der Waals surface area contributed by atoms with Crippen molar-refractivity contribution in [3.63, 3.8) is 0 Å². The van der Waals surface area contributed by atoms with E-state index >= 15 is 0 Å². The summed E-state index contributed by atoms with van der Waals surface area (Å²) in [5, 5.41) is 13.5. The van der Waals surface area contributed by atoms with Gasteiger partial charge >= 0.3 is 0 Å². The summed E-state index contributed by atoms with van der Waals surface area (Å²) < 4.78 is 5.13. The van der Waals surface area contributed by atoms with Gasteiger partial charge in [-0.05, 0) is 37.0 Å². The van der Waals surface area contributed by atoms with Gasteiger partial charge in [-0.3, -0.25) is 4.99 Å². The lowest BCUT2D eigenvalue weighted by Crippen LogP contribution is -2.40. The van der Waals surface area contributed by atoms with Gasteiger partial charge in [-0.15, -0.1) is 24.0 Å². The Morgan fingerprint density at radius 2 is 2.04 bits per heavy atom. The second-order valence-corrected chi connectivity index (χ2v) is 6.82. The molecule has 0 bridgehead atoms. The number of benzene rings is 2. The summed E-state index contributed by atoms with van der Waals surface area (Å²) >= 11 is 0. The molecule has 0 aromatic heterocycles. The van der Waals surface area contributed by atoms with E-state index in [0.29, 0.717) is 24.6 Å². The average molecular weight is 495 g/mol. The minimum atomic E-state index is 0. The van der Waals surface area contributed by atoms with E-state index in [0.717, 1.165) is 37.6 Å². The molecule has 2 aromatic rings. The highest BCUT2D eigenvalue weighted by molar-refractivity contribution is 14.0. The van der Waals surface area contributed by atoms with Crippen molar-refractivity contribution in [3.05, 3.63) is 59.7 Å². The summed E-state index contributed by atoms with van der Waals surface area (Å²) in [5.74, 6) is 2.45. The van der Waals surface area contributed by atoms with E-state index in [1.54, 1.807) is 13.2 Å². The first-order chi connectivity index (χ1) is 13.2. The third kappa shape index (κ3) is 5.77. The largest absolute Gasteiger partial charge is 0.508 e. The number of nitrogens with one attached hydrogen (secondary N) is 1. The Kier molecular flexibility index (Phi) is 8.89. The molecular formula is C22H30IN3O2. The number of ether oxygens (including phenoxy) is 1. The molecule has 0 radical (unpaired) electrons. The van der Waals surface area contributed by atoms with E-state index in [1.807, 2.05) is 12.1 Å². The van der Waals surface area contributed by atoms with Gasteiger partial charge in [0.15, 0.2) is 5.96 Å². The molecule has 1 aliphatic rings. The number of halogens is 1. The molecule has 2 N–H and O–H groups in total. The smallest absolute Gasteiger partial charge is 0.193 e. The highest BCUT2D eigenvalue weighted by atomic mass is 127. The number of guanidine groups is 1. The van der Waals surface area contributed by atoms with Gasteiger partial charge in [0, 0.05) is 38.2 Å². The molecule has 0 aliphatic carbocycles. The fourth-order valence-electron chi connectivity index (χ4n) is 3.54. The maximum atomic E-state index is 10.1. The molecule has 5 nitrogen and oxygen atoms in total. The Bertz CT molecular complexity index is 768. The first-order valence-electron chi connectivity index (χ1n) is 9.65. The van der Waals surface area contributed by atoms with Crippen LogP contribution in [-0.2, 0) is 6.42 Å². The van der Waals surface area contributed by atoms with Crippen LogP contribution in [0, 0.1) is 0 Å². The van der Waals surface area contributed by atoms with Gasteiger partial charge in [0.25, 0.3) is 0 Å². The molecule has 0 spiro atoms. The van der Waals surface area contributed by atoms with Crippen LogP contribution in [-0.4, -0.2) is 49.3 Å². The Morgan fingerprint density at radius 1 is 1.25 bits per heavy atom. The molecule has 3 rings (SSSR count). The van der Waals surface area contributed by atoms with Gasteiger partial charge in [0.2, 0.25) is 0 Å². The van der Waals surface area contributed by atoms with Crippen molar-refractivity contribution < 1.29 is 9.84 Å². The molecule has 1 saturated heterocycles.